The number of anilines is 1. The largest absolute Gasteiger partial charge is 0.366 e. The quantitative estimate of drug-likeness (QED) is 0.831. The Balaban J connectivity index is 1.98. The van der Waals surface area contributed by atoms with Gasteiger partial charge in [0.15, 0.2) is 5.56 Å². The van der Waals surface area contributed by atoms with E-state index >= 15 is 0 Å². The molecule has 0 saturated carbocycles. The molecule has 3 rings (SSSR count). The van der Waals surface area contributed by atoms with E-state index in [1.165, 1.54) is 24.5 Å². The molecule has 2 aliphatic rings. The maximum atomic E-state index is 12.1. The molecule has 7 heteroatoms. The van der Waals surface area contributed by atoms with Crippen LogP contribution in [0.5, 0.6) is 0 Å². The fourth-order valence-electron chi connectivity index (χ4n) is 3.71. The summed E-state index contributed by atoms with van der Waals surface area (Å²) in [5.74, 6) is 0.355. The van der Waals surface area contributed by atoms with E-state index in [1.54, 1.807) is 7.05 Å². The van der Waals surface area contributed by atoms with Crippen LogP contribution in [-0.2, 0) is 14.1 Å². The monoisotopic (exact) mass is 303 g/mol. The molecule has 0 unspecified atom stereocenters. The molecule has 0 amide bonds. The van der Waals surface area contributed by atoms with E-state index in [0.717, 1.165) is 30.5 Å². The Bertz CT molecular complexity index is 742. The molecule has 1 N–H and O–H groups in total. The van der Waals surface area contributed by atoms with Crippen molar-refractivity contribution in [3.05, 3.63) is 26.4 Å². The fraction of sp³-hybridized carbons (Fsp3) is 0.667. The lowest BCUT2D eigenvalue weighted by atomic mass is 9.99. The third-order valence-electron chi connectivity index (χ3n) is 4.95. The average molecular weight is 303 g/mol. The van der Waals surface area contributed by atoms with Crippen molar-refractivity contribution >= 4 is 5.82 Å². The van der Waals surface area contributed by atoms with Crippen molar-refractivity contribution in [2.24, 2.45) is 14.1 Å². The van der Waals surface area contributed by atoms with Gasteiger partial charge in [-0.15, -0.1) is 0 Å². The summed E-state index contributed by atoms with van der Waals surface area (Å²) in [6, 6.07) is 2.56. The zero-order valence-electron chi connectivity index (χ0n) is 13.0. The molecule has 0 aromatic carbocycles. The summed E-state index contributed by atoms with van der Waals surface area (Å²) < 4.78 is 2.34. The van der Waals surface area contributed by atoms with E-state index in [9.17, 15) is 14.9 Å². The Labute approximate surface area is 128 Å². The van der Waals surface area contributed by atoms with Crippen molar-refractivity contribution in [2.45, 2.75) is 37.8 Å². The lowest BCUT2D eigenvalue weighted by molar-refractivity contribution is 0.192. The maximum absolute atomic E-state index is 12.1. The van der Waals surface area contributed by atoms with Gasteiger partial charge in [0, 0.05) is 32.7 Å². The summed E-state index contributed by atoms with van der Waals surface area (Å²) in [5, 5.41) is 12.6. The van der Waals surface area contributed by atoms with Crippen molar-refractivity contribution in [3.8, 4) is 6.07 Å². The first-order chi connectivity index (χ1) is 10.5. The first-order valence-electron chi connectivity index (χ1n) is 7.75. The van der Waals surface area contributed by atoms with Gasteiger partial charge < -0.3 is 5.32 Å². The van der Waals surface area contributed by atoms with Crippen LogP contribution in [0.2, 0.25) is 0 Å². The van der Waals surface area contributed by atoms with Gasteiger partial charge in [-0.1, -0.05) is 6.42 Å². The molecule has 1 aromatic rings. The summed E-state index contributed by atoms with van der Waals surface area (Å²) in [5.41, 5.74) is -0.935. The van der Waals surface area contributed by atoms with Crippen LogP contribution in [0.15, 0.2) is 9.59 Å². The summed E-state index contributed by atoms with van der Waals surface area (Å²) in [6.07, 6.45) is 4.54. The smallest absolute Gasteiger partial charge is 0.332 e. The number of nitrogens with zero attached hydrogens (tertiary/aromatic N) is 4. The van der Waals surface area contributed by atoms with Crippen molar-refractivity contribution in [1.29, 1.82) is 5.26 Å². The second-order valence-corrected chi connectivity index (χ2v) is 6.18. The molecular formula is C15H21N5O2. The van der Waals surface area contributed by atoms with Gasteiger partial charge >= 0.3 is 5.69 Å². The number of hydrogen-bond acceptors (Lipinski definition) is 5. The van der Waals surface area contributed by atoms with Gasteiger partial charge in [0.25, 0.3) is 5.56 Å². The van der Waals surface area contributed by atoms with Gasteiger partial charge in [0.1, 0.15) is 11.9 Å². The molecule has 0 radical (unpaired) electrons. The van der Waals surface area contributed by atoms with Crippen LogP contribution in [0.1, 0.15) is 31.2 Å². The zero-order chi connectivity index (χ0) is 15.9. The molecule has 2 fully saturated rings. The standard InChI is InChI=1S/C15H21N5O2/c1-18-13(10(9-16)14(21)19(2)15(18)22)17-11-6-8-20-7-4-3-5-12(11)20/h11-12,17H,3-8H2,1-2H3/t11-,12-/m1/s1. The van der Waals surface area contributed by atoms with E-state index in [-0.39, 0.29) is 11.6 Å². The first-order valence-corrected chi connectivity index (χ1v) is 7.75. The Kier molecular flexibility index (Phi) is 3.79. The highest BCUT2D eigenvalue weighted by Gasteiger charge is 2.36. The number of piperidine rings is 1. The Morgan fingerprint density at radius 1 is 1.14 bits per heavy atom. The Hall–Kier alpha value is -2.07. The molecule has 2 atom stereocenters. The highest BCUT2D eigenvalue weighted by Crippen LogP contribution is 2.29. The minimum Gasteiger partial charge on any atom is -0.366 e. The minimum absolute atomic E-state index is 0.0128. The van der Waals surface area contributed by atoms with E-state index in [2.05, 4.69) is 10.2 Å². The van der Waals surface area contributed by atoms with Gasteiger partial charge in [-0.05, 0) is 25.8 Å². The van der Waals surface area contributed by atoms with Gasteiger partial charge in [-0.3, -0.25) is 18.8 Å². The van der Waals surface area contributed by atoms with Crippen LogP contribution in [0.4, 0.5) is 5.82 Å². The predicted molar refractivity (Wildman–Crippen MR) is 82.9 cm³/mol. The molecule has 3 heterocycles. The molecule has 0 bridgehead atoms. The maximum Gasteiger partial charge on any atom is 0.332 e. The molecule has 0 spiro atoms. The van der Waals surface area contributed by atoms with Crippen molar-refractivity contribution in [1.82, 2.24) is 14.0 Å². The van der Waals surface area contributed by atoms with Crippen LogP contribution < -0.4 is 16.6 Å². The third-order valence-corrected chi connectivity index (χ3v) is 4.95. The van der Waals surface area contributed by atoms with Crippen LogP contribution in [0.3, 0.4) is 0 Å². The number of aromatic nitrogens is 2. The summed E-state index contributed by atoms with van der Waals surface area (Å²) in [7, 11) is 2.99. The van der Waals surface area contributed by atoms with Gasteiger partial charge in [0.2, 0.25) is 0 Å². The Morgan fingerprint density at radius 3 is 2.64 bits per heavy atom. The molecule has 2 saturated heterocycles. The molecule has 118 valence electrons. The first kappa shape index (κ1) is 14.9. The lowest BCUT2D eigenvalue weighted by Crippen LogP contribution is -2.44. The number of fused-ring (bicyclic) bond motifs is 1. The van der Waals surface area contributed by atoms with Crippen LogP contribution in [0, 0.1) is 11.3 Å². The summed E-state index contributed by atoms with van der Waals surface area (Å²) >= 11 is 0. The van der Waals surface area contributed by atoms with E-state index < -0.39 is 11.2 Å². The SMILES string of the molecule is Cn1c(N[C@@H]2CCN3CCCC[C@H]23)c(C#N)c(=O)n(C)c1=O. The van der Waals surface area contributed by atoms with Crippen molar-refractivity contribution in [3.63, 3.8) is 0 Å². The number of nitrogens with one attached hydrogen (secondary N) is 1. The van der Waals surface area contributed by atoms with Gasteiger partial charge in [-0.2, -0.15) is 5.26 Å². The molecule has 1 aromatic heterocycles. The van der Waals surface area contributed by atoms with Crippen molar-refractivity contribution < 1.29 is 0 Å². The van der Waals surface area contributed by atoms with E-state index in [4.69, 9.17) is 0 Å². The molecule has 0 aliphatic carbocycles. The van der Waals surface area contributed by atoms with Crippen LogP contribution >= 0.6 is 0 Å². The minimum atomic E-state index is -0.536. The Morgan fingerprint density at radius 2 is 1.91 bits per heavy atom. The number of hydrogen-bond donors (Lipinski definition) is 1. The number of nitriles is 1. The van der Waals surface area contributed by atoms with E-state index in [1.807, 2.05) is 6.07 Å². The topological polar surface area (TPSA) is 83.1 Å². The summed E-state index contributed by atoms with van der Waals surface area (Å²) in [6.45, 7) is 2.15. The highest BCUT2D eigenvalue weighted by molar-refractivity contribution is 5.52. The van der Waals surface area contributed by atoms with Gasteiger partial charge in [-0.25, -0.2) is 4.79 Å². The predicted octanol–water partition coefficient (Wildman–Crippen LogP) is -0.00562. The average Bonchev–Trinajstić information content (AvgIpc) is 2.94. The van der Waals surface area contributed by atoms with Crippen LogP contribution in [-0.4, -0.2) is 39.2 Å². The second kappa shape index (κ2) is 5.61. The molecular weight excluding hydrogens is 282 g/mol. The zero-order valence-corrected chi connectivity index (χ0v) is 13.0. The van der Waals surface area contributed by atoms with Crippen LogP contribution in [0.25, 0.3) is 0 Å². The fourth-order valence-corrected chi connectivity index (χ4v) is 3.71. The second-order valence-electron chi connectivity index (χ2n) is 6.18. The third kappa shape index (κ3) is 2.24. The number of rotatable bonds is 2. The highest BCUT2D eigenvalue weighted by atomic mass is 16.2. The lowest BCUT2D eigenvalue weighted by Gasteiger charge is -2.33. The normalized spacial score (nSPS) is 24.8. The molecule has 7 nitrogen and oxygen atoms in total. The summed E-state index contributed by atoms with van der Waals surface area (Å²) in [4.78, 5) is 26.7. The molecule has 2 aliphatic heterocycles. The van der Waals surface area contributed by atoms with Gasteiger partial charge in [0.05, 0.1) is 0 Å². The van der Waals surface area contributed by atoms with Crippen molar-refractivity contribution in [2.75, 3.05) is 18.4 Å². The molecule has 22 heavy (non-hydrogen) atoms. The van der Waals surface area contributed by atoms with E-state index in [0.29, 0.717) is 11.9 Å².